The maximum Gasteiger partial charge on any atom is 0.313 e. The van der Waals surface area contributed by atoms with Crippen molar-refractivity contribution >= 4 is 35.0 Å². The Morgan fingerprint density at radius 2 is 1.74 bits per heavy atom. The number of anilines is 1. The Morgan fingerprint density at radius 1 is 1.11 bits per heavy atom. The highest BCUT2D eigenvalue weighted by molar-refractivity contribution is 6.39. The van der Waals surface area contributed by atoms with Gasteiger partial charge in [-0.1, -0.05) is 0 Å². The minimum absolute atomic E-state index is 0.324. The average Bonchev–Trinajstić information content (AvgIpc) is 2.39. The van der Waals surface area contributed by atoms with E-state index in [1.807, 2.05) is 0 Å². The van der Waals surface area contributed by atoms with E-state index in [0.717, 1.165) is 0 Å². The van der Waals surface area contributed by atoms with Gasteiger partial charge in [-0.25, -0.2) is 0 Å². The van der Waals surface area contributed by atoms with E-state index in [-0.39, 0.29) is 0 Å². The Morgan fingerprint density at radius 3 is 2.26 bits per heavy atom. The van der Waals surface area contributed by atoms with Crippen LogP contribution in [0.5, 0.6) is 0 Å². The normalized spacial score (nSPS) is 9.74. The molecule has 0 aromatic heterocycles. The molecule has 0 aliphatic heterocycles. The van der Waals surface area contributed by atoms with Gasteiger partial charge in [-0.3, -0.25) is 14.4 Å². The molecule has 7 heteroatoms. The lowest BCUT2D eigenvalue weighted by molar-refractivity contribution is -0.136. The fourth-order valence-corrected chi connectivity index (χ4v) is 1.39. The Balaban J connectivity index is 2.52. The highest BCUT2D eigenvalue weighted by Gasteiger charge is 2.12. The van der Waals surface area contributed by atoms with Crippen molar-refractivity contribution < 1.29 is 14.4 Å². The van der Waals surface area contributed by atoms with Crippen LogP contribution in [-0.2, 0) is 9.59 Å². The molecule has 1 rings (SSSR count). The molecule has 0 fully saturated rings. The number of primary amides is 1. The van der Waals surface area contributed by atoms with E-state index in [1.165, 1.54) is 24.3 Å². The molecule has 1 aromatic rings. The summed E-state index contributed by atoms with van der Waals surface area (Å²) in [6.07, 6.45) is 0.591. The van der Waals surface area contributed by atoms with Crippen molar-refractivity contribution in [1.82, 2.24) is 5.32 Å². The van der Waals surface area contributed by atoms with Crippen LogP contribution in [0.1, 0.15) is 16.8 Å². The maximum absolute atomic E-state index is 11.5. The lowest BCUT2D eigenvalue weighted by Crippen LogP contribution is -2.36. The van der Waals surface area contributed by atoms with Gasteiger partial charge in [0, 0.05) is 23.7 Å². The third-order valence-electron chi connectivity index (χ3n) is 2.23. The van der Waals surface area contributed by atoms with Crippen molar-refractivity contribution in [2.45, 2.75) is 6.42 Å². The number of amides is 3. The lowest BCUT2D eigenvalue weighted by atomic mass is 10.2. The van der Waals surface area contributed by atoms with Gasteiger partial charge in [0.1, 0.15) is 0 Å². The standard InChI is InChI=1S/C12H14ClN3O3/c13-6-1-7-15-11(18)12(19)16-9-4-2-8(3-5-9)10(14)17/h2-5H,1,6-7H2,(H2,14,17)(H,15,18)(H,16,19). The van der Waals surface area contributed by atoms with Crippen LogP contribution in [0.3, 0.4) is 0 Å². The first-order valence-corrected chi connectivity index (χ1v) is 6.13. The van der Waals surface area contributed by atoms with Gasteiger partial charge in [-0.2, -0.15) is 0 Å². The topological polar surface area (TPSA) is 101 Å². The highest BCUT2D eigenvalue weighted by atomic mass is 35.5. The van der Waals surface area contributed by atoms with Gasteiger partial charge in [-0.15, -0.1) is 11.6 Å². The second-order valence-electron chi connectivity index (χ2n) is 3.69. The van der Waals surface area contributed by atoms with Crippen molar-refractivity contribution in [3.63, 3.8) is 0 Å². The minimum Gasteiger partial charge on any atom is -0.366 e. The highest BCUT2D eigenvalue weighted by Crippen LogP contribution is 2.08. The second-order valence-corrected chi connectivity index (χ2v) is 4.07. The molecule has 0 heterocycles. The summed E-state index contributed by atoms with van der Waals surface area (Å²) < 4.78 is 0. The summed E-state index contributed by atoms with van der Waals surface area (Å²) in [6.45, 7) is 0.344. The molecule has 1 aromatic carbocycles. The summed E-state index contributed by atoms with van der Waals surface area (Å²) in [5, 5.41) is 4.82. The molecule has 0 spiro atoms. The summed E-state index contributed by atoms with van der Waals surface area (Å²) >= 11 is 5.45. The molecule has 0 bridgehead atoms. The molecule has 0 unspecified atom stereocenters. The maximum atomic E-state index is 11.5. The molecule has 3 amide bonds. The molecule has 0 saturated heterocycles. The third kappa shape index (κ3) is 4.97. The lowest BCUT2D eigenvalue weighted by Gasteiger charge is -2.06. The average molecular weight is 284 g/mol. The molecule has 0 aliphatic rings. The smallest absolute Gasteiger partial charge is 0.313 e. The van der Waals surface area contributed by atoms with Crippen molar-refractivity contribution in [1.29, 1.82) is 0 Å². The SMILES string of the molecule is NC(=O)c1ccc(NC(=O)C(=O)NCCCCl)cc1. The number of halogens is 1. The fourth-order valence-electron chi connectivity index (χ4n) is 1.25. The molecule has 0 saturated carbocycles. The number of carbonyl (C=O) groups excluding carboxylic acids is 3. The van der Waals surface area contributed by atoms with E-state index >= 15 is 0 Å². The molecule has 19 heavy (non-hydrogen) atoms. The number of benzene rings is 1. The zero-order valence-corrected chi connectivity index (χ0v) is 10.9. The van der Waals surface area contributed by atoms with Gasteiger partial charge in [0.05, 0.1) is 0 Å². The van der Waals surface area contributed by atoms with E-state index in [0.29, 0.717) is 30.1 Å². The van der Waals surface area contributed by atoms with Gasteiger partial charge in [0.2, 0.25) is 5.91 Å². The van der Waals surface area contributed by atoms with Crippen molar-refractivity contribution in [2.75, 3.05) is 17.7 Å². The summed E-state index contributed by atoms with van der Waals surface area (Å²) in [4.78, 5) is 33.7. The van der Waals surface area contributed by atoms with Crippen molar-refractivity contribution in [2.24, 2.45) is 5.73 Å². The molecule has 4 N–H and O–H groups in total. The number of nitrogens with two attached hydrogens (primary N) is 1. The first-order chi connectivity index (χ1) is 9.04. The summed E-state index contributed by atoms with van der Waals surface area (Å²) in [6, 6.07) is 5.90. The molecular formula is C12H14ClN3O3. The van der Waals surface area contributed by atoms with Crippen LogP contribution in [0.25, 0.3) is 0 Å². The van der Waals surface area contributed by atoms with E-state index in [4.69, 9.17) is 17.3 Å². The van der Waals surface area contributed by atoms with Crippen LogP contribution in [0.4, 0.5) is 5.69 Å². The van der Waals surface area contributed by atoms with E-state index < -0.39 is 17.7 Å². The zero-order valence-electron chi connectivity index (χ0n) is 10.1. The van der Waals surface area contributed by atoms with Crippen LogP contribution in [-0.4, -0.2) is 30.1 Å². The minimum atomic E-state index is -0.776. The summed E-state index contributed by atoms with van der Waals surface area (Å²) in [5.74, 6) is -1.65. The monoisotopic (exact) mass is 283 g/mol. The predicted octanol–water partition coefficient (Wildman–Crippen LogP) is 0.469. The van der Waals surface area contributed by atoms with Gasteiger partial charge >= 0.3 is 11.8 Å². The number of nitrogens with one attached hydrogen (secondary N) is 2. The predicted molar refractivity (Wildman–Crippen MR) is 71.9 cm³/mol. The molecule has 102 valence electrons. The van der Waals surface area contributed by atoms with Crippen LogP contribution in [0, 0.1) is 0 Å². The number of hydrogen-bond acceptors (Lipinski definition) is 3. The van der Waals surface area contributed by atoms with Crippen LogP contribution < -0.4 is 16.4 Å². The van der Waals surface area contributed by atoms with E-state index in [9.17, 15) is 14.4 Å². The summed E-state index contributed by atoms with van der Waals surface area (Å²) in [7, 11) is 0. The van der Waals surface area contributed by atoms with E-state index in [1.54, 1.807) is 0 Å². The zero-order chi connectivity index (χ0) is 14.3. The van der Waals surface area contributed by atoms with Crippen LogP contribution in [0.15, 0.2) is 24.3 Å². The van der Waals surface area contributed by atoms with Gasteiger partial charge in [-0.05, 0) is 30.7 Å². The number of carbonyl (C=O) groups is 3. The molecule has 0 radical (unpaired) electrons. The summed E-state index contributed by atoms with van der Waals surface area (Å²) in [5.41, 5.74) is 5.81. The number of alkyl halides is 1. The van der Waals surface area contributed by atoms with E-state index in [2.05, 4.69) is 10.6 Å². The first kappa shape index (κ1) is 15.0. The Labute approximate surface area is 115 Å². The van der Waals surface area contributed by atoms with Crippen molar-refractivity contribution in [3.05, 3.63) is 29.8 Å². The van der Waals surface area contributed by atoms with Crippen LogP contribution >= 0.6 is 11.6 Å². The van der Waals surface area contributed by atoms with Gasteiger partial charge < -0.3 is 16.4 Å². The van der Waals surface area contributed by atoms with Gasteiger partial charge in [0.15, 0.2) is 0 Å². The Kier molecular flexibility index (Phi) is 5.81. The fraction of sp³-hybridized carbons (Fsp3) is 0.250. The number of rotatable bonds is 5. The molecule has 0 atom stereocenters. The first-order valence-electron chi connectivity index (χ1n) is 5.59. The molecule has 6 nitrogen and oxygen atoms in total. The molecule has 0 aliphatic carbocycles. The Bertz CT molecular complexity index is 474. The quantitative estimate of drug-likeness (QED) is 0.416. The van der Waals surface area contributed by atoms with Crippen molar-refractivity contribution in [3.8, 4) is 0 Å². The Hall–Kier alpha value is -2.08. The molecular weight excluding hydrogens is 270 g/mol. The van der Waals surface area contributed by atoms with Crippen LogP contribution in [0.2, 0.25) is 0 Å². The third-order valence-corrected chi connectivity index (χ3v) is 2.50. The second kappa shape index (κ2) is 7.38. The van der Waals surface area contributed by atoms with Gasteiger partial charge in [0.25, 0.3) is 0 Å². The number of hydrogen-bond donors (Lipinski definition) is 3. The largest absolute Gasteiger partial charge is 0.366 e.